The molecule has 1 unspecified atom stereocenters. The summed E-state index contributed by atoms with van der Waals surface area (Å²) >= 11 is 12.3. The third kappa shape index (κ3) is 5.34. The summed E-state index contributed by atoms with van der Waals surface area (Å²) in [5, 5.41) is 1.47. The lowest BCUT2D eigenvalue weighted by atomic mass is 9.92. The normalized spacial score (nSPS) is 13.5. The lowest BCUT2D eigenvalue weighted by Gasteiger charge is -2.31. The summed E-state index contributed by atoms with van der Waals surface area (Å²) < 4.78 is 8.45. The molecule has 1 heterocycles. The van der Waals surface area contributed by atoms with E-state index in [1.807, 2.05) is 48.9 Å². The number of nitrogens with zero attached hydrogens (tertiary/aromatic N) is 2. The molecule has 3 nitrogen and oxygen atoms in total. The van der Waals surface area contributed by atoms with Crippen molar-refractivity contribution in [3.8, 4) is 0 Å². The van der Waals surface area contributed by atoms with Gasteiger partial charge in [-0.05, 0) is 42.7 Å². The first-order chi connectivity index (χ1) is 12.5. The molecule has 0 N–H and O–H groups in total. The van der Waals surface area contributed by atoms with Crippen LogP contribution < -0.4 is 0 Å². The minimum Gasteiger partial charge on any atom is -0.370 e. The third-order valence-electron chi connectivity index (χ3n) is 4.48. The highest BCUT2D eigenvalue weighted by molar-refractivity contribution is 6.31. The van der Waals surface area contributed by atoms with Crippen LogP contribution in [0.5, 0.6) is 0 Å². The van der Waals surface area contributed by atoms with Gasteiger partial charge in [0, 0.05) is 35.4 Å². The maximum Gasteiger partial charge on any atom is 0.0945 e. The van der Waals surface area contributed by atoms with E-state index in [1.165, 1.54) is 5.56 Å². The fraction of sp³-hybridized carbons (Fsp3) is 0.286. The number of hydrogen-bond donors (Lipinski definition) is 0. The molecule has 3 aromatic rings. The average Bonchev–Trinajstić information content (AvgIpc) is 3.15. The van der Waals surface area contributed by atoms with Crippen LogP contribution in [0.4, 0.5) is 0 Å². The van der Waals surface area contributed by atoms with E-state index < -0.39 is 0 Å². The van der Waals surface area contributed by atoms with Crippen molar-refractivity contribution in [1.29, 1.82) is 0 Å². The van der Waals surface area contributed by atoms with Crippen molar-refractivity contribution in [3.05, 3.63) is 88.4 Å². The summed E-state index contributed by atoms with van der Waals surface area (Å²) in [6, 6.07) is 15.7. The van der Waals surface area contributed by atoms with Gasteiger partial charge in [-0.25, -0.2) is 4.98 Å². The van der Waals surface area contributed by atoms with Gasteiger partial charge in [0.25, 0.3) is 0 Å². The van der Waals surface area contributed by atoms with Gasteiger partial charge in [-0.1, -0.05) is 53.5 Å². The molecule has 2 aromatic carbocycles. The molecule has 0 aliphatic carbocycles. The number of aryl methyl sites for hydroxylation is 1. The van der Waals surface area contributed by atoms with Crippen LogP contribution in [0.25, 0.3) is 0 Å². The number of ether oxygens (including phenoxy) is 1. The zero-order valence-corrected chi connectivity index (χ0v) is 16.2. The number of aromatic nitrogens is 2. The van der Waals surface area contributed by atoms with Crippen LogP contribution in [0, 0.1) is 0 Å². The molecule has 0 saturated carbocycles. The van der Waals surface area contributed by atoms with Crippen molar-refractivity contribution in [1.82, 2.24) is 9.55 Å². The van der Waals surface area contributed by atoms with Gasteiger partial charge in [0.15, 0.2) is 0 Å². The summed E-state index contributed by atoms with van der Waals surface area (Å²) in [5.74, 6) is 0. The van der Waals surface area contributed by atoms with Crippen LogP contribution in [-0.2, 0) is 24.3 Å². The van der Waals surface area contributed by atoms with Gasteiger partial charge in [0.2, 0.25) is 0 Å². The second-order valence-corrected chi connectivity index (χ2v) is 7.53. The summed E-state index contributed by atoms with van der Waals surface area (Å²) in [7, 11) is 0. The predicted molar refractivity (Wildman–Crippen MR) is 107 cm³/mol. The van der Waals surface area contributed by atoms with Gasteiger partial charge < -0.3 is 9.30 Å². The van der Waals surface area contributed by atoms with Gasteiger partial charge in [-0.2, -0.15) is 0 Å². The van der Waals surface area contributed by atoms with Crippen LogP contribution >= 0.6 is 23.2 Å². The first-order valence-corrected chi connectivity index (χ1v) is 9.37. The molecule has 0 bridgehead atoms. The Hall–Kier alpha value is -1.81. The van der Waals surface area contributed by atoms with Crippen molar-refractivity contribution in [2.45, 2.75) is 38.5 Å². The molecule has 0 aliphatic heterocycles. The first kappa shape index (κ1) is 19.0. The number of halogens is 2. The Balaban J connectivity index is 1.73. The van der Waals surface area contributed by atoms with Gasteiger partial charge in [-0.15, -0.1) is 0 Å². The largest absolute Gasteiger partial charge is 0.370 e. The van der Waals surface area contributed by atoms with Crippen molar-refractivity contribution in [2.24, 2.45) is 0 Å². The fourth-order valence-corrected chi connectivity index (χ4v) is 3.21. The number of benzene rings is 2. The van der Waals surface area contributed by atoms with Crippen LogP contribution in [-0.4, -0.2) is 15.2 Å². The second-order valence-electron chi connectivity index (χ2n) is 6.68. The molecule has 0 spiro atoms. The highest BCUT2D eigenvalue weighted by Gasteiger charge is 2.26. The van der Waals surface area contributed by atoms with Crippen LogP contribution in [0.2, 0.25) is 10.0 Å². The van der Waals surface area contributed by atoms with E-state index in [2.05, 4.69) is 28.6 Å². The average molecular weight is 389 g/mol. The molecule has 1 atom stereocenters. The Labute approximate surface area is 164 Å². The van der Waals surface area contributed by atoms with Gasteiger partial charge in [0.05, 0.1) is 18.5 Å². The predicted octanol–water partition coefficient (Wildman–Crippen LogP) is 5.80. The third-order valence-corrected chi connectivity index (χ3v) is 5.10. The lowest BCUT2D eigenvalue weighted by Crippen LogP contribution is -2.33. The molecule has 0 fully saturated rings. The smallest absolute Gasteiger partial charge is 0.0945 e. The van der Waals surface area contributed by atoms with E-state index in [0.29, 0.717) is 6.61 Å². The van der Waals surface area contributed by atoms with E-state index >= 15 is 0 Å². The Morgan fingerprint density at radius 1 is 1.08 bits per heavy atom. The number of hydrogen-bond acceptors (Lipinski definition) is 2. The molecule has 26 heavy (non-hydrogen) atoms. The van der Waals surface area contributed by atoms with Crippen LogP contribution in [0.3, 0.4) is 0 Å². The standard InChI is InChI=1S/C21H22Cl2N2O/c1-21(10-12-25-13-11-24-16-25,14-17-6-8-19(22)9-7-17)26-15-18-4-2-3-5-20(18)23/h2-9,11,13,16H,10,12,14-15H2,1H3. The quantitative estimate of drug-likeness (QED) is 0.487. The fourth-order valence-electron chi connectivity index (χ4n) is 2.90. The molecule has 0 aliphatic rings. The summed E-state index contributed by atoms with van der Waals surface area (Å²) in [5.41, 5.74) is 1.86. The molecule has 5 heteroatoms. The highest BCUT2D eigenvalue weighted by atomic mass is 35.5. The molecular weight excluding hydrogens is 367 g/mol. The Bertz CT molecular complexity index is 818. The van der Waals surface area contributed by atoms with E-state index in [0.717, 1.165) is 35.0 Å². The topological polar surface area (TPSA) is 27.1 Å². The molecule has 0 saturated heterocycles. The van der Waals surface area contributed by atoms with E-state index in [1.54, 1.807) is 6.20 Å². The maximum atomic E-state index is 6.38. The van der Waals surface area contributed by atoms with Crippen molar-refractivity contribution >= 4 is 23.2 Å². The molecular formula is C21H22Cl2N2O. The minimum absolute atomic E-state index is 0.336. The zero-order valence-electron chi connectivity index (χ0n) is 14.7. The summed E-state index contributed by atoms with van der Waals surface area (Å²) in [6.07, 6.45) is 7.24. The Morgan fingerprint density at radius 3 is 2.54 bits per heavy atom. The number of imidazole rings is 1. The zero-order chi connectivity index (χ0) is 18.4. The molecule has 0 amide bonds. The van der Waals surface area contributed by atoms with Crippen molar-refractivity contribution in [2.75, 3.05) is 0 Å². The minimum atomic E-state index is -0.336. The molecule has 1 aromatic heterocycles. The monoisotopic (exact) mass is 388 g/mol. The Morgan fingerprint density at radius 2 is 1.85 bits per heavy atom. The molecule has 136 valence electrons. The van der Waals surface area contributed by atoms with E-state index in [9.17, 15) is 0 Å². The van der Waals surface area contributed by atoms with Gasteiger partial charge >= 0.3 is 0 Å². The highest BCUT2D eigenvalue weighted by Crippen LogP contribution is 2.26. The van der Waals surface area contributed by atoms with Gasteiger partial charge in [0.1, 0.15) is 0 Å². The molecule has 3 rings (SSSR count). The van der Waals surface area contributed by atoms with Crippen molar-refractivity contribution in [3.63, 3.8) is 0 Å². The van der Waals surface area contributed by atoms with Crippen molar-refractivity contribution < 1.29 is 4.74 Å². The summed E-state index contributed by atoms with van der Waals surface area (Å²) in [4.78, 5) is 4.11. The van der Waals surface area contributed by atoms with E-state index in [-0.39, 0.29) is 5.60 Å². The summed E-state index contributed by atoms with van der Waals surface area (Å²) in [6.45, 7) is 3.47. The maximum absolute atomic E-state index is 6.38. The van der Waals surface area contributed by atoms with Crippen LogP contribution in [0.1, 0.15) is 24.5 Å². The Kier molecular flexibility index (Phi) is 6.36. The van der Waals surface area contributed by atoms with Gasteiger partial charge in [-0.3, -0.25) is 0 Å². The molecule has 0 radical (unpaired) electrons. The van der Waals surface area contributed by atoms with Crippen LogP contribution in [0.15, 0.2) is 67.3 Å². The SMILES string of the molecule is CC(CCn1ccnc1)(Cc1ccc(Cl)cc1)OCc1ccccc1Cl. The van der Waals surface area contributed by atoms with E-state index in [4.69, 9.17) is 27.9 Å². The second kappa shape index (κ2) is 8.72. The first-order valence-electron chi connectivity index (χ1n) is 8.62. The number of rotatable bonds is 8. The lowest BCUT2D eigenvalue weighted by molar-refractivity contribution is -0.0511.